The van der Waals surface area contributed by atoms with Crippen molar-refractivity contribution < 1.29 is 9.59 Å². The molecule has 1 aromatic carbocycles. The number of nitrogens with one attached hydrogen (secondary N) is 1. The van der Waals surface area contributed by atoms with E-state index in [0.717, 1.165) is 12.8 Å². The zero-order valence-corrected chi connectivity index (χ0v) is 10.1. The van der Waals surface area contributed by atoms with E-state index in [4.69, 9.17) is 5.73 Å². The Morgan fingerprint density at radius 3 is 2.89 bits per heavy atom. The number of rotatable bonds is 3. The van der Waals surface area contributed by atoms with Gasteiger partial charge in [0.05, 0.1) is 6.54 Å². The predicted octanol–water partition coefficient (Wildman–Crippen LogP) is 0.564. The molecule has 0 aromatic heterocycles. The SMILES string of the molecule is NC(=O)CNC(=O)C1C2CCc3ccccc3C21. The van der Waals surface area contributed by atoms with Crippen LogP contribution in [0.25, 0.3) is 0 Å². The minimum atomic E-state index is -0.493. The maximum absolute atomic E-state index is 12.0. The highest BCUT2D eigenvalue weighted by Gasteiger charge is 2.56. The van der Waals surface area contributed by atoms with Crippen molar-refractivity contribution in [2.75, 3.05) is 6.54 Å². The molecular formula is C14H16N2O2. The first-order valence-corrected chi connectivity index (χ1v) is 6.32. The van der Waals surface area contributed by atoms with Crippen LogP contribution in [0.2, 0.25) is 0 Å². The summed E-state index contributed by atoms with van der Waals surface area (Å²) in [7, 11) is 0. The third-order valence-electron chi connectivity index (χ3n) is 4.07. The number of hydrogen-bond acceptors (Lipinski definition) is 2. The first-order chi connectivity index (χ1) is 8.68. The van der Waals surface area contributed by atoms with E-state index in [1.807, 2.05) is 12.1 Å². The minimum absolute atomic E-state index is 0.0273. The van der Waals surface area contributed by atoms with E-state index in [1.165, 1.54) is 11.1 Å². The van der Waals surface area contributed by atoms with E-state index in [1.54, 1.807) is 0 Å². The second-order valence-corrected chi connectivity index (χ2v) is 5.14. The molecule has 94 valence electrons. The molecule has 1 aromatic rings. The van der Waals surface area contributed by atoms with Crippen molar-refractivity contribution in [3.8, 4) is 0 Å². The Labute approximate surface area is 106 Å². The van der Waals surface area contributed by atoms with E-state index in [0.29, 0.717) is 11.8 Å². The maximum atomic E-state index is 12.0. The van der Waals surface area contributed by atoms with E-state index in [-0.39, 0.29) is 18.4 Å². The van der Waals surface area contributed by atoms with Gasteiger partial charge in [-0.2, -0.15) is 0 Å². The second-order valence-electron chi connectivity index (χ2n) is 5.14. The van der Waals surface area contributed by atoms with Crippen LogP contribution in [0.15, 0.2) is 24.3 Å². The van der Waals surface area contributed by atoms with Crippen LogP contribution in [0.5, 0.6) is 0 Å². The van der Waals surface area contributed by atoms with Crippen LogP contribution in [-0.4, -0.2) is 18.4 Å². The average Bonchev–Trinajstić information content (AvgIpc) is 3.10. The molecule has 0 spiro atoms. The van der Waals surface area contributed by atoms with Crippen LogP contribution in [0, 0.1) is 11.8 Å². The van der Waals surface area contributed by atoms with Crippen molar-refractivity contribution in [2.24, 2.45) is 17.6 Å². The monoisotopic (exact) mass is 244 g/mol. The van der Waals surface area contributed by atoms with Crippen LogP contribution < -0.4 is 11.1 Å². The van der Waals surface area contributed by atoms with Crippen LogP contribution >= 0.6 is 0 Å². The highest BCUT2D eigenvalue weighted by atomic mass is 16.2. The lowest BCUT2D eigenvalue weighted by Gasteiger charge is -2.13. The Hall–Kier alpha value is -1.84. The minimum Gasteiger partial charge on any atom is -0.368 e. The molecule has 0 bridgehead atoms. The Morgan fingerprint density at radius 1 is 1.33 bits per heavy atom. The number of fused-ring (bicyclic) bond motifs is 3. The van der Waals surface area contributed by atoms with Gasteiger partial charge in [0.1, 0.15) is 0 Å². The largest absolute Gasteiger partial charge is 0.368 e. The molecule has 3 rings (SSSR count). The number of amides is 2. The third kappa shape index (κ3) is 1.78. The molecule has 1 fully saturated rings. The summed E-state index contributed by atoms with van der Waals surface area (Å²) in [6.07, 6.45) is 2.12. The fourth-order valence-corrected chi connectivity index (χ4v) is 3.22. The summed E-state index contributed by atoms with van der Waals surface area (Å²) in [6, 6.07) is 8.33. The summed E-state index contributed by atoms with van der Waals surface area (Å²) in [5.41, 5.74) is 7.71. The molecule has 3 unspecified atom stereocenters. The number of carbonyl (C=O) groups is 2. The van der Waals surface area contributed by atoms with Gasteiger partial charge in [-0.1, -0.05) is 24.3 Å². The summed E-state index contributed by atoms with van der Waals surface area (Å²) in [5, 5.41) is 2.62. The first-order valence-electron chi connectivity index (χ1n) is 6.32. The van der Waals surface area contributed by atoms with Gasteiger partial charge in [-0.3, -0.25) is 9.59 Å². The lowest BCUT2D eigenvalue weighted by Crippen LogP contribution is -2.34. The average molecular weight is 244 g/mol. The Kier molecular flexibility index (Phi) is 2.58. The lowest BCUT2D eigenvalue weighted by atomic mass is 9.92. The number of carbonyl (C=O) groups excluding carboxylic acids is 2. The van der Waals surface area contributed by atoms with E-state index < -0.39 is 5.91 Å². The third-order valence-corrected chi connectivity index (χ3v) is 4.07. The maximum Gasteiger partial charge on any atom is 0.236 e. The van der Waals surface area contributed by atoms with Gasteiger partial charge in [0.2, 0.25) is 11.8 Å². The van der Waals surface area contributed by atoms with Gasteiger partial charge >= 0.3 is 0 Å². The highest BCUT2D eigenvalue weighted by molar-refractivity contribution is 5.88. The van der Waals surface area contributed by atoms with Crippen molar-refractivity contribution in [2.45, 2.75) is 18.8 Å². The molecule has 4 heteroatoms. The summed E-state index contributed by atoms with van der Waals surface area (Å²) in [4.78, 5) is 22.6. The zero-order chi connectivity index (χ0) is 12.7. The fraction of sp³-hybridized carbons (Fsp3) is 0.429. The van der Waals surface area contributed by atoms with Crippen LogP contribution in [0.1, 0.15) is 23.5 Å². The first kappa shape index (κ1) is 11.3. The number of benzene rings is 1. The lowest BCUT2D eigenvalue weighted by molar-refractivity contribution is -0.125. The van der Waals surface area contributed by atoms with E-state index in [9.17, 15) is 9.59 Å². The molecule has 0 heterocycles. The van der Waals surface area contributed by atoms with Crippen molar-refractivity contribution in [3.63, 3.8) is 0 Å². The summed E-state index contributed by atoms with van der Waals surface area (Å²) in [5.74, 6) is 0.316. The van der Waals surface area contributed by atoms with Crippen molar-refractivity contribution in [1.82, 2.24) is 5.32 Å². The molecule has 0 saturated heterocycles. The Bertz CT molecular complexity index is 512. The standard InChI is InChI=1S/C14H16N2O2/c15-11(17)7-16-14(18)13-10-6-5-8-3-1-2-4-9(8)12(10)13/h1-4,10,12-13H,5-7H2,(H2,15,17)(H,16,18). The normalized spacial score (nSPS) is 27.9. The molecule has 4 nitrogen and oxygen atoms in total. The number of hydrogen-bond donors (Lipinski definition) is 2. The van der Waals surface area contributed by atoms with Crippen LogP contribution in [-0.2, 0) is 16.0 Å². The molecule has 3 N–H and O–H groups in total. The van der Waals surface area contributed by atoms with Gasteiger partial charge in [-0.15, -0.1) is 0 Å². The molecule has 2 aliphatic carbocycles. The van der Waals surface area contributed by atoms with Gasteiger partial charge in [-0.25, -0.2) is 0 Å². The molecule has 18 heavy (non-hydrogen) atoms. The van der Waals surface area contributed by atoms with Gasteiger partial charge in [-0.05, 0) is 35.8 Å². The number of primary amides is 1. The molecule has 2 amide bonds. The molecule has 1 saturated carbocycles. The quantitative estimate of drug-likeness (QED) is 0.815. The number of aryl methyl sites for hydroxylation is 1. The number of nitrogens with two attached hydrogens (primary N) is 1. The molecule has 0 radical (unpaired) electrons. The van der Waals surface area contributed by atoms with Crippen molar-refractivity contribution in [3.05, 3.63) is 35.4 Å². The Balaban J connectivity index is 1.73. The molecular weight excluding hydrogens is 228 g/mol. The smallest absolute Gasteiger partial charge is 0.236 e. The molecule has 2 aliphatic rings. The highest BCUT2D eigenvalue weighted by Crippen LogP contribution is 2.59. The van der Waals surface area contributed by atoms with Gasteiger partial charge < -0.3 is 11.1 Å². The fourth-order valence-electron chi connectivity index (χ4n) is 3.22. The molecule has 3 atom stereocenters. The predicted molar refractivity (Wildman–Crippen MR) is 66.7 cm³/mol. The topological polar surface area (TPSA) is 72.2 Å². The van der Waals surface area contributed by atoms with Crippen LogP contribution in [0.4, 0.5) is 0 Å². The zero-order valence-electron chi connectivity index (χ0n) is 10.1. The summed E-state index contributed by atoms with van der Waals surface area (Å²) >= 11 is 0. The van der Waals surface area contributed by atoms with E-state index in [2.05, 4.69) is 17.4 Å². The van der Waals surface area contributed by atoms with Crippen molar-refractivity contribution >= 4 is 11.8 Å². The Morgan fingerprint density at radius 2 is 2.11 bits per heavy atom. The van der Waals surface area contributed by atoms with E-state index >= 15 is 0 Å². The second kappa shape index (κ2) is 4.12. The summed E-state index contributed by atoms with van der Waals surface area (Å²) in [6.45, 7) is -0.0591. The van der Waals surface area contributed by atoms with Crippen molar-refractivity contribution in [1.29, 1.82) is 0 Å². The van der Waals surface area contributed by atoms with Gasteiger partial charge in [0.15, 0.2) is 0 Å². The molecule has 0 aliphatic heterocycles. The van der Waals surface area contributed by atoms with Crippen LogP contribution in [0.3, 0.4) is 0 Å². The van der Waals surface area contributed by atoms with Gasteiger partial charge in [0, 0.05) is 5.92 Å². The van der Waals surface area contributed by atoms with Gasteiger partial charge in [0.25, 0.3) is 0 Å². The summed E-state index contributed by atoms with van der Waals surface area (Å²) < 4.78 is 0.